The number of nitrogens with zero attached hydrogens (tertiary/aromatic N) is 2. The van der Waals surface area contributed by atoms with Crippen LogP contribution in [-0.2, 0) is 6.61 Å². The summed E-state index contributed by atoms with van der Waals surface area (Å²) in [6, 6.07) is 18.1. The van der Waals surface area contributed by atoms with Gasteiger partial charge in [0.25, 0.3) is 5.56 Å². The van der Waals surface area contributed by atoms with E-state index in [-0.39, 0.29) is 12.2 Å². The van der Waals surface area contributed by atoms with Crippen LogP contribution in [0.4, 0.5) is 0 Å². The van der Waals surface area contributed by atoms with Crippen molar-refractivity contribution in [1.82, 2.24) is 9.66 Å². The van der Waals surface area contributed by atoms with E-state index in [1.807, 2.05) is 0 Å². The lowest BCUT2D eigenvalue weighted by atomic mass is 10.1. The molecule has 33 heavy (non-hydrogen) atoms. The molecule has 4 rings (SSSR count). The predicted molar refractivity (Wildman–Crippen MR) is 123 cm³/mol. The van der Waals surface area contributed by atoms with E-state index < -0.39 is 17.2 Å². The third-order valence-electron chi connectivity index (χ3n) is 4.89. The smallest absolute Gasteiger partial charge is 0.349 e. The lowest BCUT2D eigenvalue weighted by molar-refractivity contribution is 0.0697. The van der Waals surface area contributed by atoms with Gasteiger partial charge in [-0.1, -0.05) is 24.3 Å². The first-order chi connectivity index (χ1) is 16.0. The average Bonchev–Trinajstić information content (AvgIpc) is 2.83. The summed E-state index contributed by atoms with van der Waals surface area (Å²) in [5, 5.41) is 13.4. The summed E-state index contributed by atoms with van der Waals surface area (Å²) in [6.07, 6.45) is 1.38. The number of fused-ring (bicyclic) bond motifs is 1. The van der Waals surface area contributed by atoms with Gasteiger partial charge >= 0.3 is 11.7 Å². The first kappa shape index (κ1) is 21.6. The molecule has 0 aliphatic rings. The van der Waals surface area contributed by atoms with Crippen LogP contribution in [0.2, 0.25) is 0 Å². The number of carboxylic acid groups (broad SMARTS) is 1. The fraction of sp³-hybridized carbons (Fsp3) is 0.0833. The highest BCUT2D eigenvalue weighted by Gasteiger charge is 2.08. The lowest BCUT2D eigenvalue weighted by Gasteiger charge is -2.11. The van der Waals surface area contributed by atoms with E-state index in [1.54, 1.807) is 54.6 Å². The minimum atomic E-state index is -0.991. The number of carbonyl (C=O) groups is 1. The largest absolute Gasteiger partial charge is 0.493 e. The standard InChI is InChI=1S/C24H19N3O6/c1-32-21-12-16(8-11-20(21)33-14-15-6-9-17(10-7-15)23(29)30)13-25-27-22(28)18-4-2-3-5-19(18)26-24(27)31/h2-13H,14H2,1H3,(H,26,31)(H,29,30). The topological polar surface area (TPSA) is 123 Å². The number of H-pyrrole nitrogens is 1. The summed E-state index contributed by atoms with van der Waals surface area (Å²) in [5.41, 5.74) is 0.860. The molecule has 0 unspecified atom stereocenters. The Labute approximate surface area is 187 Å². The Morgan fingerprint density at radius 1 is 1.06 bits per heavy atom. The van der Waals surface area contributed by atoms with Gasteiger partial charge in [-0.2, -0.15) is 5.10 Å². The fourth-order valence-corrected chi connectivity index (χ4v) is 3.17. The molecule has 9 heteroatoms. The predicted octanol–water partition coefficient (Wildman–Crippen LogP) is 2.86. The molecule has 2 N–H and O–H groups in total. The second kappa shape index (κ2) is 9.23. The van der Waals surface area contributed by atoms with Crippen molar-refractivity contribution in [2.45, 2.75) is 6.61 Å². The lowest BCUT2D eigenvalue weighted by Crippen LogP contribution is -2.32. The number of benzene rings is 3. The Morgan fingerprint density at radius 2 is 1.82 bits per heavy atom. The molecule has 0 bridgehead atoms. The molecule has 3 aromatic carbocycles. The molecule has 0 fully saturated rings. The van der Waals surface area contributed by atoms with Gasteiger partial charge in [0.2, 0.25) is 0 Å². The van der Waals surface area contributed by atoms with Crippen LogP contribution in [0.25, 0.3) is 10.9 Å². The monoisotopic (exact) mass is 445 g/mol. The molecule has 0 aliphatic heterocycles. The van der Waals surface area contributed by atoms with Gasteiger partial charge in [-0.05, 0) is 53.6 Å². The maximum Gasteiger partial charge on any atom is 0.349 e. The van der Waals surface area contributed by atoms with E-state index >= 15 is 0 Å². The van der Waals surface area contributed by atoms with Gasteiger partial charge in [0.1, 0.15) is 6.61 Å². The molecule has 9 nitrogen and oxygen atoms in total. The molecule has 1 aromatic heterocycles. The maximum absolute atomic E-state index is 12.6. The van der Waals surface area contributed by atoms with Crippen molar-refractivity contribution in [3.05, 3.63) is 104 Å². The van der Waals surface area contributed by atoms with Gasteiger partial charge < -0.3 is 19.6 Å². The number of aromatic amines is 1. The zero-order valence-electron chi connectivity index (χ0n) is 17.5. The van der Waals surface area contributed by atoms with Crippen LogP contribution in [-0.4, -0.2) is 34.1 Å². The number of hydrogen-bond acceptors (Lipinski definition) is 6. The first-order valence-electron chi connectivity index (χ1n) is 9.88. The Kier molecular flexibility index (Phi) is 6.03. The number of aromatic nitrogens is 2. The van der Waals surface area contributed by atoms with Gasteiger partial charge in [-0.3, -0.25) is 4.79 Å². The van der Waals surface area contributed by atoms with Gasteiger partial charge in [0, 0.05) is 0 Å². The fourth-order valence-electron chi connectivity index (χ4n) is 3.17. The van der Waals surface area contributed by atoms with Crippen LogP contribution in [0.3, 0.4) is 0 Å². The summed E-state index contributed by atoms with van der Waals surface area (Å²) < 4.78 is 11.9. The molecule has 0 saturated carbocycles. The van der Waals surface area contributed by atoms with Gasteiger partial charge in [-0.15, -0.1) is 4.68 Å². The number of ether oxygens (including phenoxy) is 2. The SMILES string of the molecule is COc1cc(C=Nn2c(=O)[nH]c3ccccc3c2=O)ccc1OCc1ccc(C(=O)O)cc1. The second-order valence-electron chi connectivity index (χ2n) is 7.04. The van der Waals surface area contributed by atoms with Crippen LogP contribution in [0.1, 0.15) is 21.5 Å². The van der Waals surface area contributed by atoms with E-state index in [4.69, 9.17) is 14.6 Å². The molecule has 0 amide bonds. The van der Waals surface area contributed by atoms with Crippen molar-refractivity contribution < 1.29 is 19.4 Å². The third-order valence-corrected chi connectivity index (χ3v) is 4.89. The van der Waals surface area contributed by atoms with E-state index in [0.29, 0.717) is 28.0 Å². The number of para-hydroxylation sites is 1. The van der Waals surface area contributed by atoms with Crippen LogP contribution < -0.4 is 20.7 Å². The molecule has 1 heterocycles. The molecule has 0 spiro atoms. The molecular weight excluding hydrogens is 426 g/mol. The van der Waals surface area contributed by atoms with Gasteiger partial charge in [0.15, 0.2) is 11.5 Å². The Balaban J connectivity index is 1.54. The molecular formula is C24H19N3O6. The van der Waals surface area contributed by atoms with Crippen molar-refractivity contribution in [1.29, 1.82) is 0 Å². The first-order valence-corrected chi connectivity index (χ1v) is 9.88. The van der Waals surface area contributed by atoms with Crippen LogP contribution in [0, 0.1) is 0 Å². The van der Waals surface area contributed by atoms with Crippen LogP contribution >= 0.6 is 0 Å². The van der Waals surface area contributed by atoms with Crippen LogP contribution in [0.15, 0.2) is 81.4 Å². The molecule has 0 aliphatic carbocycles. The Hall–Kier alpha value is -4.66. The van der Waals surface area contributed by atoms with E-state index in [2.05, 4.69) is 10.1 Å². The molecule has 166 valence electrons. The normalized spacial score (nSPS) is 11.1. The quantitative estimate of drug-likeness (QED) is 0.422. The van der Waals surface area contributed by atoms with Gasteiger partial charge in [-0.25, -0.2) is 9.59 Å². The van der Waals surface area contributed by atoms with Crippen molar-refractivity contribution in [3.8, 4) is 11.5 Å². The summed E-state index contributed by atoms with van der Waals surface area (Å²) in [5.74, 6) is -0.0899. The maximum atomic E-state index is 12.6. The summed E-state index contributed by atoms with van der Waals surface area (Å²) in [6.45, 7) is 0.214. The minimum Gasteiger partial charge on any atom is -0.493 e. The Bertz CT molecular complexity index is 1470. The van der Waals surface area contributed by atoms with Crippen molar-refractivity contribution in [2.75, 3.05) is 7.11 Å². The number of aromatic carboxylic acids is 1. The molecule has 4 aromatic rings. The van der Waals surface area contributed by atoms with Gasteiger partial charge in [0.05, 0.1) is 29.8 Å². The Morgan fingerprint density at radius 3 is 2.55 bits per heavy atom. The number of carboxylic acids is 1. The third kappa shape index (κ3) is 4.67. The second-order valence-corrected chi connectivity index (χ2v) is 7.04. The van der Waals surface area contributed by atoms with E-state index in [0.717, 1.165) is 10.2 Å². The number of methoxy groups -OCH3 is 1. The minimum absolute atomic E-state index is 0.198. The molecule has 0 radical (unpaired) electrons. The van der Waals surface area contributed by atoms with Crippen molar-refractivity contribution in [3.63, 3.8) is 0 Å². The average molecular weight is 445 g/mol. The summed E-state index contributed by atoms with van der Waals surface area (Å²) in [7, 11) is 1.49. The van der Waals surface area contributed by atoms with Crippen molar-refractivity contribution in [2.24, 2.45) is 5.10 Å². The van der Waals surface area contributed by atoms with E-state index in [1.165, 1.54) is 25.5 Å². The number of rotatable bonds is 7. The number of hydrogen-bond donors (Lipinski definition) is 2. The van der Waals surface area contributed by atoms with Crippen molar-refractivity contribution >= 4 is 23.1 Å². The highest BCUT2D eigenvalue weighted by Crippen LogP contribution is 2.28. The summed E-state index contributed by atoms with van der Waals surface area (Å²) >= 11 is 0. The highest BCUT2D eigenvalue weighted by atomic mass is 16.5. The summed E-state index contributed by atoms with van der Waals surface area (Å²) in [4.78, 5) is 38.4. The zero-order valence-corrected chi connectivity index (χ0v) is 17.5. The van der Waals surface area contributed by atoms with E-state index in [9.17, 15) is 14.4 Å². The highest BCUT2D eigenvalue weighted by molar-refractivity contribution is 5.87. The molecule has 0 atom stereocenters. The molecule has 0 saturated heterocycles. The van der Waals surface area contributed by atoms with Crippen LogP contribution in [0.5, 0.6) is 11.5 Å². The number of nitrogens with one attached hydrogen (secondary N) is 1. The zero-order chi connectivity index (χ0) is 23.4.